The Morgan fingerprint density at radius 3 is 2.56 bits per heavy atom. The topological polar surface area (TPSA) is 42.0 Å². The van der Waals surface area contributed by atoms with E-state index < -0.39 is 0 Å². The Morgan fingerprint density at radius 2 is 1.92 bits per heavy atom. The Bertz CT molecular complexity index is 604. The van der Waals surface area contributed by atoms with Crippen molar-refractivity contribution in [2.75, 3.05) is 52.5 Å². The molecule has 1 aromatic rings. The lowest BCUT2D eigenvalue weighted by atomic mass is 10.1. The number of benzene rings is 1. The summed E-state index contributed by atoms with van der Waals surface area (Å²) < 4.78 is 24.1. The molecule has 0 bridgehead atoms. The maximum absolute atomic E-state index is 13.0. The van der Waals surface area contributed by atoms with Crippen LogP contribution in [0.25, 0.3) is 6.08 Å². The summed E-state index contributed by atoms with van der Waals surface area (Å²) >= 11 is 0. The van der Waals surface area contributed by atoms with Crippen molar-refractivity contribution in [3.05, 3.63) is 41.2 Å². The van der Waals surface area contributed by atoms with Crippen molar-refractivity contribution in [2.24, 2.45) is 0 Å². The normalized spacial score (nSPS) is 22.9. The maximum Gasteiger partial charge on any atom is 0.249 e. The molecule has 2 saturated heterocycles. The highest BCUT2D eigenvalue weighted by atomic mass is 19.1. The highest BCUT2D eigenvalue weighted by Crippen LogP contribution is 2.13. The van der Waals surface area contributed by atoms with Crippen LogP contribution in [-0.4, -0.2) is 74.4 Å². The number of rotatable bonds is 4. The minimum atomic E-state index is -0.274. The van der Waals surface area contributed by atoms with E-state index in [1.165, 1.54) is 12.1 Å². The van der Waals surface area contributed by atoms with Crippen LogP contribution in [0.15, 0.2) is 29.8 Å². The second-order valence-electron chi connectivity index (χ2n) is 6.54. The molecule has 136 valence electrons. The van der Waals surface area contributed by atoms with E-state index >= 15 is 0 Å². The molecule has 0 radical (unpaired) electrons. The van der Waals surface area contributed by atoms with Crippen molar-refractivity contribution >= 4 is 12.0 Å². The zero-order chi connectivity index (χ0) is 17.6. The molecule has 1 unspecified atom stereocenters. The highest BCUT2D eigenvalue weighted by molar-refractivity contribution is 5.97. The molecule has 1 aromatic carbocycles. The minimum absolute atomic E-state index is 0.0428. The first-order chi connectivity index (χ1) is 12.1. The molecule has 0 N–H and O–H groups in total. The van der Waals surface area contributed by atoms with Gasteiger partial charge in [0.1, 0.15) is 5.82 Å². The van der Waals surface area contributed by atoms with E-state index in [9.17, 15) is 9.18 Å². The Balaban J connectivity index is 1.49. The number of hydrogen-bond donors (Lipinski definition) is 0. The fraction of sp³-hybridized carbons (Fsp3) is 0.526. The third-order valence-corrected chi connectivity index (χ3v) is 4.60. The summed E-state index contributed by atoms with van der Waals surface area (Å²) in [7, 11) is 0. The van der Waals surface area contributed by atoms with Gasteiger partial charge in [0.2, 0.25) is 5.91 Å². The monoisotopic (exact) mass is 348 g/mol. The number of piperazine rings is 1. The average molecular weight is 348 g/mol. The molecule has 2 aliphatic heterocycles. The number of carbonyl (C=O) groups is 1. The van der Waals surface area contributed by atoms with Gasteiger partial charge < -0.3 is 14.4 Å². The summed E-state index contributed by atoms with van der Waals surface area (Å²) in [6.45, 7) is 7.76. The predicted molar refractivity (Wildman–Crippen MR) is 93.6 cm³/mol. The summed E-state index contributed by atoms with van der Waals surface area (Å²) in [5.41, 5.74) is 1.50. The SMILES string of the molecule is C/C(=C/c1ccc(F)cc1)C(=O)N1CCN(CC2COCCO2)CC1. The van der Waals surface area contributed by atoms with Crippen LogP contribution in [0.1, 0.15) is 12.5 Å². The minimum Gasteiger partial charge on any atom is -0.376 e. The summed E-state index contributed by atoms with van der Waals surface area (Å²) in [4.78, 5) is 16.8. The van der Waals surface area contributed by atoms with Crippen molar-refractivity contribution in [3.8, 4) is 0 Å². The van der Waals surface area contributed by atoms with Crippen LogP contribution in [0.5, 0.6) is 0 Å². The van der Waals surface area contributed by atoms with Gasteiger partial charge in [-0.3, -0.25) is 9.69 Å². The molecule has 3 rings (SSSR count). The summed E-state index contributed by atoms with van der Waals surface area (Å²) in [5, 5.41) is 0. The molecule has 5 nitrogen and oxygen atoms in total. The van der Waals surface area contributed by atoms with Gasteiger partial charge in [-0.05, 0) is 30.7 Å². The number of ether oxygens (including phenoxy) is 2. The molecule has 2 heterocycles. The molecule has 2 fully saturated rings. The fourth-order valence-corrected chi connectivity index (χ4v) is 3.18. The highest BCUT2D eigenvalue weighted by Gasteiger charge is 2.25. The van der Waals surface area contributed by atoms with Gasteiger partial charge in [-0.1, -0.05) is 12.1 Å². The Kier molecular flexibility index (Phi) is 6.18. The molecular formula is C19H25FN2O3. The van der Waals surface area contributed by atoms with Crippen LogP contribution in [-0.2, 0) is 14.3 Å². The number of amides is 1. The molecule has 2 aliphatic rings. The first-order valence-electron chi connectivity index (χ1n) is 8.76. The second kappa shape index (κ2) is 8.56. The smallest absolute Gasteiger partial charge is 0.249 e. The van der Waals surface area contributed by atoms with Crippen LogP contribution >= 0.6 is 0 Å². The van der Waals surface area contributed by atoms with Crippen molar-refractivity contribution in [1.82, 2.24) is 9.80 Å². The molecule has 1 atom stereocenters. The standard InChI is InChI=1S/C19H25FN2O3/c1-15(12-16-2-4-17(20)5-3-16)19(23)22-8-6-21(7-9-22)13-18-14-24-10-11-25-18/h2-5,12,18H,6-11,13-14H2,1H3/b15-12-. The fourth-order valence-electron chi connectivity index (χ4n) is 3.18. The van der Waals surface area contributed by atoms with E-state index in [1.807, 2.05) is 11.8 Å². The lowest BCUT2D eigenvalue weighted by Crippen LogP contribution is -2.51. The molecule has 0 spiro atoms. The first-order valence-corrected chi connectivity index (χ1v) is 8.76. The number of carbonyl (C=O) groups excluding carboxylic acids is 1. The molecule has 1 amide bonds. The van der Waals surface area contributed by atoms with E-state index in [4.69, 9.17) is 9.47 Å². The third-order valence-electron chi connectivity index (χ3n) is 4.60. The average Bonchev–Trinajstić information content (AvgIpc) is 2.64. The largest absolute Gasteiger partial charge is 0.376 e. The van der Waals surface area contributed by atoms with Gasteiger partial charge in [-0.2, -0.15) is 0 Å². The zero-order valence-corrected chi connectivity index (χ0v) is 14.6. The van der Waals surface area contributed by atoms with Gasteiger partial charge in [0, 0.05) is 38.3 Å². The molecular weight excluding hydrogens is 323 g/mol. The van der Waals surface area contributed by atoms with E-state index in [2.05, 4.69) is 4.90 Å². The van der Waals surface area contributed by atoms with Crippen molar-refractivity contribution in [3.63, 3.8) is 0 Å². The lowest BCUT2D eigenvalue weighted by Gasteiger charge is -2.37. The van der Waals surface area contributed by atoms with Crippen molar-refractivity contribution in [2.45, 2.75) is 13.0 Å². The maximum atomic E-state index is 13.0. The van der Waals surface area contributed by atoms with Gasteiger partial charge >= 0.3 is 0 Å². The van der Waals surface area contributed by atoms with Crippen LogP contribution in [0.4, 0.5) is 4.39 Å². The molecule has 0 aliphatic carbocycles. The van der Waals surface area contributed by atoms with E-state index in [0.29, 0.717) is 38.5 Å². The van der Waals surface area contributed by atoms with E-state index in [-0.39, 0.29) is 17.8 Å². The Labute approximate surface area is 148 Å². The molecule has 0 aromatic heterocycles. The Hall–Kier alpha value is -1.76. The van der Waals surface area contributed by atoms with E-state index in [1.54, 1.807) is 18.2 Å². The molecule has 6 heteroatoms. The quantitative estimate of drug-likeness (QED) is 0.778. The summed E-state index contributed by atoms with van der Waals surface area (Å²) in [6.07, 6.45) is 1.94. The Morgan fingerprint density at radius 1 is 1.20 bits per heavy atom. The van der Waals surface area contributed by atoms with Crippen LogP contribution in [0.2, 0.25) is 0 Å². The van der Waals surface area contributed by atoms with Crippen molar-refractivity contribution in [1.29, 1.82) is 0 Å². The first kappa shape index (κ1) is 18.0. The third kappa shape index (κ3) is 5.11. The lowest BCUT2D eigenvalue weighted by molar-refractivity contribution is -0.130. The summed E-state index contributed by atoms with van der Waals surface area (Å²) in [6, 6.07) is 6.16. The van der Waals surface area contributed by atoms with Crippen LogP contribution in [0.3, 0.4) is 0 Å². The number of hydrogen-bond acceptors (Lipinski definition) is 4. The number of halogens is 1. The van der Waals surface area contributed by atoms with Gasteiger partial charge in [0.15, 0.2) is 0 Å². The van der Waals surface area contributed by atoms with Gasteiger partial charge in [-0.25, -0.2) is 4.39 Å². The zero-order valence-electron chi connectivity index (χ0n) is 14.6. The van der Waals surface area contributed by atoms with Gasteiger partial charge in [0.25, 0.3) is 0 Å². The second-order valence-corrected chi connectivity index (χ2v) is 6.54. The van der Waals surface area contributed by atoms with E-state index in [0.717, 1.165) is 25.2 Å². The van der Waals surface area contributed by atoms with Gasteiger partial charge in [-0.15, -0.1) is 0 Å². The molecule has 0 saturated carbocycles. The van der Waals surface area contributed by atoms with Crippen LogP contribution in [0, 0.1) is 5.82 Å². The van der Waals surface area contributed by atoms with Crippen molar-refractivity contribution < 1.29 is 18.7 Å². The number of nitrogens with zero attached hydrogens (tertiary/aromatic N) is 2. The van der Waals surface area contributed by atoms with Gasteiger partial charge in [0.05, 0.1) is 25.9 Å². The predicted octanol–water partition coefficient (Wildman–Crippen LogP) is 1.79. The molecule has 25 heavy (non-hydrogen) atoms. The summed E-state index contributed by atoms with van der Waals surface area (Å²) in [5.74, 6) is -0.231. The van der Waals surface area contributed by atoms with Crippen LogP contribution < -0.4 is 0 Å².